The molecule has 0 aliphatic heterocycles. The van der Waals surface area contributed by atoms with Gasteiger partial charge in [0, 0.05) is 32.1 Å². The normalized spacial score (nSPS) is 11.2. The number of benzene rings is 5. The summed E-state index contributed by atoms with van der Waals surface area (Å²) in [7, 11) is 1.97. The van der Waals surface area contributed by atoms with Crippen LogP contribution >= 0.6 is 24.8 Å². The monoisotopic (exact) mass is 735 g/mol. The summed E-state index contributed by atoms with van der Waals surface area (Å²) in [5.74, 6) is 0.658. The number of hydrogen-bond acceptors (Lipinski definition) is 5. The quantitative estimate of drug-likeness (QED) is 0.0592. The Morgan fingerprint density at radius 3 is 2.25 bits per heavy atom. The van der Waals surface area contributed by atoms with Crippen LogP contribution in [0.5, 0.6) is 0 Å². The molecule has 0 aliphatic carbocycles. The summed E-state index contributed by atoms with van der Waals surface area (Å²) in [4.78, 5) is 18.7. The molecular weight excluding hydrogens is 698 g/mol. The molecule has 0 radical (unpaired) electrons. The van der Waals surface area contributed by atoms with Crippen molar-refractivity contribution in [2.24, 2.45) is 12.8 Å². The fraction of sp³-hybridized carbons (Fsp3) is 0.184. The molecule has 51 heavy (non-hydrogen) atoms. The second-order valence-electron chi connectivity index (χ2n) is 11.9. The maximum atomic E-state index is 13.7. The lowest BCUT2D eigenvalue weighted by Gasteiger charge is -2.24. The van der Waals surface area contributed by atoms with Gasteiger partial charge in [-0.15, -0.1) is 24.8 Å². The molecule has 0 unspecified atom stereocenters. The Bertz CT molecular complexity index is 2110. The SMILES string of the molecule is Cl.Cl.Cn1c(CCc2ccc(C(=N)N)cc2)nc2cc(N(NCc3cccc4ccccc34)C(=O)CNCc3ccc(C(F)(F)F)cc3)ccc21. The molecule has 0 saturated carbocycles. The molecule has 6 rings (SSSR count). The zero-order valence-corrected chi connectivity index (χ0v) is 29.3. The summed E-state index contributed by atoms with van der Waals surface area (Å²) in [6, 6.07) is 32.3. The van der Waals surface area contributed by atoms with E-state index in [0.717, 1.165) is 57.3 Å². The molecule has 1 heterocycles. The van der Waals surface area contributed by atoms with Crippen molar-refractivity contribution in [1.82, 2.24) is 20.3 Å². The summed E-state index contributed by atoms with van der Waals surface area (Å²) >= 11 is 0. The number of nitrogens with zero attached hydrogens (tertiary/aromatic N) is 3. The van der Waals surface area contributed by atoms with E-state index in [1.807, 2.05) is 96.5 Å². The number of fused-ring (bicyclic) bond motifs is 2. The molecule has 0 saturated heterocycles. The minimum Gasteiger partial charge on any atom is -0.384 e. The summed E-state index contributed by atoms with van der Waals surface area (Å²) < 4.78 is 41.0. The molecule has 1 amide bonds. The lowest BCUT2D eigenvalue weighted by molar-refractivity contribution is -0.137. The van der Waals surface area contributed by atoms with Crippen LogP contribution in [0.2, 0.25) is 0 Å². The van der Waals surface area contributed by atoms with Crippen LogP contribution in [0.25, 0.3) is 21.8 Å². The van der Waals surface area contributed by atoms with Crippen molar-refractivity contribution in [1.29, 1.82) is 5.41 Å². The van der Waals surface area contributed by atoms with Gasteiger partial charge in [0.15, 0.2) is 0 Å². The molecule has 0 atom stereocenters. The molecule has 6 aromatic rings. The maximum Gasteiger partial charge on any atom is 0.416 e. The minimum absolute atomic E-state index is 0. The Balaban J connectivity index is 0.00000292. The number of imidazole rings is 1. The molecule has 5 aromatic carbocycles. The topological polar surface area (TPSA) is 112 Å². The third kappa shape index (κ3) is 9.25. The number of carbonyl (C=O) groups is 1. The number of rotatable bonds is 12. The minimum atomic E-state index is -4.41. The Morgan fingerprint density at radius 1 is 0.863 bits per heavy atom. The standard InChI is InChI=1S/C38H36F3N7O.2ClH/c1-47-34-19-18-31(21-33(34)46-35(47)20-13-25-9-14-28(15-10-25)37(42)43)48(45-23-29-7-4-6-27-5-2-3-8-32(27)29)36(49)24-44-22-26-11-16-30(17-12-26)38(39,40)41;;/h2-12,14-19,21,44-45H,13,20,22-24H2,1H3,(H3,42,43);2*1H. The van der Waals surface area contributed by atoms with Crippen molar-refractivity contribution in [3.05, 3.63) is 143 Å². The highest BCUT2D eigenvalue weighted by Crippen LogP contribution is 2.29. The number of aromatic nitrogens is 2. The largest absolute Gasteiger partial charge is 0.416 e. The lowest BCUT2D eigenvalue weighted by atomic mass is 10.0. The highest BCUT2D eigenvalue weighted by atomic mass is 35.5. The van der Waals surface area contributed by atoms with Crippen LogP contribution in [0.4, 0.5) is 18.9 Å². The van der Waals surface area contributed by atoms with E-state index in [4.69, 9.17) is 16.1 Å². The highest BCUT2D eigenvalue weighted by Gasteiger charge is 2.30. The second-order valence-corrected chi connectivity index (χ2v) is 11.9. The van der Waals surface area contributed by atoms with Gasteiger partial charge in [0.1, 0.15) is 11.7 Å². The number of amides is 1. The molecule has 0 bridgehead atoms. The predicted octanol–water partition coefficient (Wildman–Crippen LogP) is 7.49. The molecule has 1 aromatic heterocycles. The van der Waals surface area contributed by atoms with Gasteiger partial charge >= 0.3 is 6.18 Å². The van der Waals surface area contributed by atoms with Crippen LogP contribution in [0.1, 0.15) is 33.6 Å². The molecule has 0 spiro atoms. The van der Waals surface area contributed by atoms with E-state index in [1.54, 1.807) is 0 Å². The van der Waals surface area contributed by atoms with Gasteiger partial charge < -0.3 is 15.6 Å². The molecule has 0 fully saturated rings. The van der Waals surface area contributed by atoms with Crippen LogP contribution in [-0.4, -0.2) is 27.8 Å². The van der Waals surface area contributed by atoms with Gasteiger partial charge in [-0.25, -0.2) is 15.4 Å². The van der Waals surface area contributed by atoms with Gasteiger partial charge in [-0.2, -0.15) is 13.2 Å². The number of halogens is 5. The molecule has 13 heteroatoms. The molecule has 266 valence electrons. The van der Waals surface area contributed by atoms with Gasteiger partial charge in [0.05, 0.1) is 28.8 Å². The number of amidine groups is 1. The number of nitrogen functional groups attached to an aromatic ring is 1. The van der Waals surface area contributed by atoms with Crippen molar-refractivity contribution >= 4 is 64.1 Å². The van der Waals surface area contributed by atoms with Crippen molar-refractivity contribution in [2.45, 2.75) is 32.1 Å². The number of carbonyl (C=O) groups excluding carboxylic acids is 1. The lowest BCUT2D eigenvalue weighted by Crippen LogP contribution is -2.46. The van der Waals surface area contributed by atoms with Gasteiger partial charge in [-0.3, -0.25) is 10.2 Å². The summed E-state index contributed by atoms with van der Waals surface area (Å²) in [5.41, 5.74) is 13.9. The van der Waals surface area contributed by atoms with E-state index in [-0.39, 0.29) is 49.6 Å². The fourth-order valence-electron chi connectivity index (χ4n) is 5.85. The molecule has 5 N–H and O–H groups in total. The third-order valence-corrected chi connectivity index (χ3v) is 8.56. The van der Waals surface area contributed by atoms with Gasteiger partial charge in [0.2, 0.25) is 0 Å². The Hall–Kier alpha value is -4.94. The van der Waals surface area contributed by atoms with E-state index < -0.39 is 11.7 Å². The average molecular weight is 737 g/mol. The van der Waals surface area contributed by atoms with Gasteiger partial charge in [0.25, 0.3) is 5.91 Å². The number of alkyl halides is 3. The maximum absolute atomic E-state index is 13.7. The zero-order valence-electron chi connectivity index (χ0n) is 27.7. The van der Waals surface area contributed by atoms with Crippen LogP contribution < -0.4 is 21.5 Å². The Kier molecular flexibility index (Phi) is 12.8. The summed E-state index contributed by atoms with van der Waals surface area (Å²) in [6.45, 7) is 0.540. The van der Waals surface area contributed by atoms with Crippen molar-refractivity contribution in [3.8, 4) is 0 Å². The van der Waals surface area contributed by atoms with Crippen molar-refractivity contribution in [3.63, 3.8) is 0 Å². The number of nitrogens with one attached hydrogen (secondary N) is 3. The van der Waals surface area contributed by atoms with E-state index in [2.05, 4.69) is 10.7 Å². The average Bonchev–Trinajstić information content (AvgIpc) is 3.41. The first kappa shape index (κ1) is 38.9. The van der Waals surface area contributed by atoms with Gasteiger partial charge in [-0.1, -0.05) is 78.9 Å². The molecule has 8 nitrogen and oxygen atoms in total. The van der Waals surface area contributed by atoms with Crippen molar-refractivity contribution in [2.75, 3.05) is 11.6 Å². The number of nitrogens with two attached hydrogens (primary N) is 1. The van der Waals surface area contributed by atoms with Crippen LogP contribution in [0.3, 0.4) is 0 Å². The Morgan fingerprint density at radius 2 is 1.55 bits per heavy atom. The van der Waals surface area contributed by atoms with E-state index in [0.29, 0.717) is 29.8 Å². The summed E-state index contributed by atoms with van der Waals surface area (Å²) in [6.07, 6.45) is -2.96. The summed E-state index contributed by atoms with van der Waals surface area (Å²) in [5, 5.41) is 14.4. The van der Waals surface area contributed by atoms with Crippen LogP contribution in [-0.2, 0) is 43.9 Å². The highest BCUT2D eigenvalue weighted by molar-refractivity contribution is 5.96. The Labute approximate surface area is 306 Å². The van der Waals surface area contributed by atoms with E-state index in [1.165, 1.54) is 17.1 Å². The van der Waals surface area contributed by atoms with Gasteiger partial charge in [-0.05, 0) is 64.2 Å². The molecular formula is C38H38Cl2F3N7O. The third-order valence-electron chi connectivity index (χ3n) is 8.56. The van der Waals surface area contributed by atoms with Crippen molar-refractivity contribution < 1.29 is 18.0 Å². The second kappa shape index (κ2) is 16.8. The predicted molar refractivity (Wildman–Crippen MR) is 202 cm³/mol. The fourth-order valence-corrected chi connectivity index (χ4v) is 5.85. The first-order valence-corrected chi connectivity index (χ1v) is 15.9. The van der Waals surface area contributed by atoms with Crippen LogP contribution in [0.15, 0.2) is 109 Å². The smallest absolute Gasteiger partial charge is 0.384 e. The van der Waals surface area contributed by atoms with Crippen LogP contribution in [0, 0.1) is 5.41 Å². The number of aryl methyl sites for hydroxylation is 3. The first-order chi connectivity index (χ1) is 23.6. The van der Waals surface area contributed by atoms with E-state index in [9.17, 15) is 18.0 Å². The molecule has 0 aliphatic rings. The zero-order chi connectivity index (χ0) is 34.5. The van der Waals surface area contributed by atoms with E-state index >= 15 is 0 Å². The first-order valence-electron chi connectivity index (χ1n) is 15.9. The number of hydrogen-bond donors (Lipinski definition) is 4. The number of anilines is 1. The number of hydrazine groups is 1.